The molecule has 10 heteroatoms. The summed E-state index contributed by atoms with van der Waals surface area (Å²) < 4.78 is 39.2. The number of anilines is 2. The quantitative estimate of drug-likeness (QED) is 0.594. The van der Waals surface area contributed by atoms with Gasteiger partial charge in [-0.2, -0.15) is 4.31 Å². The van der Waals surface area contributed by atoms with E-state index in [-0.39, 0.29) is 54.1 Å². The predicted molar refractivity (Wildman–Crippen MR) is 123 cm³/mol. The highest BCUT2D eigenvalue weighted by Crippen LogP contribution is 2.34. The highest BCUT2D eigenvalue weighted by Gasteiger charge is 2.34. The molecule has 176 valence electrons. The zero-order valence-corrected chi connectivity index (χ0v) is 19.5. The van der Waals surface area contributed by atoms with E-state index in [1.165, 1.54) is 23.5 Å². The SMILES string of the molecule is COc1ccccc1N1CCN(S(=O)(=O)c2cc(N3C(=O)CCCC3=O)ccc2OC)CC1. The van der Waals surface area contributed by atoms with Crippen molar-refractivity contribution in [2.75, 3.05) is 50.2 Å². The van der Waals surface area contributed by atoms with Crippen LogP contribution in [0.2, 0.25) is 0 Å². The van der Waals surface area contributed by atoms with Gasteiger partial charge in [0.05, 0.1) is 25.6 Å². The number of piperidine rings is 1. The number of carbonyl (C=O) groups is 2. The number of para-hydroxylation sites is 2. The second-order valence-corrected chi connectivity index (χ2v) is 9.78. The zero-order chi connectivity index (χ0) is 23.6. The van der Waals surface area contributed by atoms with Crippen molar-refractivity contribution in [1.29, 1.82) is 0 Å². The van der Waals surface area contributed by atoms with Gasteiger partial charge in [0, 0.05) is 39.0 Å². The molecule has 2 aromatic rings. The van der Waals surface area contributed by atoms with E-state index in [1.807, 2.05) is 24.3 Å². The van der Waals surface area contributed by atoms with Gasteiger partial charge >= 0.3 is 0 Å². The Labute approximate surface area is 193 Å². The van der Waals surface area contributed by atoms with Gasteiger partial charge in [-0.15, -0.1) is 0 Å². The largest absolute Gasteiger partial charge is 0.495 e. The van der Waals surface area contributed by atoms with Crippen molar-refractivity contribution < 1.29 is 27.5 Å². The Bertz CT molecular complexity index is 1140. The van der Waals surface area contributed by atoms with Gasteiger partial charge in [0.1, 0.15) is 16.4 Å². The van der Waals surface area contributed by atoms with Crippen LogP contribution in [0.3, 0.4) is 0 Å². The third-order valence-corrected chi connectivity index (χ3v) is 7.89. The average Bonchev–Trinajstić information content (AvgIpc) is 2.84. The highest BCUT2D eigenvalue weighted by atomic mass is 32.2. The molecule has 2 aromatic carbocycles. The lowest BCUT2D eigenvalue weighted by molar-refractivity contribution is -0.129. The molecule has 2 fully saturated rings. The number of rotatable bonds is 6. The van der Waals surface area contributed by atoms with Crippen molar-refractivity contribution >= 4 is 33.2 Å². The minimum atomic E-state index is -3.92. The van der Waals surface area contributed by atoms with E-state index >= 15 is 0 Å². The number of sulfonamides is 1. The fourth-order valence-corrected chi connectivity index (χ4v) is 5.84. The smallest absolute Gasteiger partial charge is 0.246 e. The van der Waals surface area contributed by atoms with Gasteiger partial charge < -0.3 is 14.4 Å². The van der Waals surface area contributed by atoms with E-state index in [0.29, 0.717) is 19.5 Å². The monoisotopic (exact) mass is 473 g/mol. The second-order valence-electron chi connectivity index (χ2n) is 7.87. The molecule has 0 aliphatic carbocycles. The summed E-state index contributed by atoms with van der Waals surface area (Å²) in [4.78, 5) is 27.8. The lowest BCUT2D eigenvalue weighted by Gasteiger charge is -2.36. The molecule has 0 aromatic heterocycles. The minimum Gasteiger partial charge on any atom is -0.495 e. The molecule has 4 rings (SSSR count). The van der Waals surface area contributed by atoms with Crippen LogP contribution < -0.4 is 19.3 Å². The van der Waals surface area contributed by atoms with Crippen LogP contribution in [-0.4, -0.2) is 64.9 Å². The summed E-state index contributed by atoms with van der Waals surface area (Å²) >= 11 is 0. The molecule has 2 aliphatic heterocycles. The van der Waals surface area contributed by atoms with Gasteiger partial charge in [-0.3, -0.25) is 14.5 Å². The fraction of sp³-hybridized carbons (Fsp3) is 0.391. The van der Waals surface area contributed by atoms with Crippen molar-refractivity contribution in [3.63, 3.8) is 0 Å². The summed E-state index contributed by atoms with van der Waals surface area (Å²) in [5.74, 6) is 0.247. The van der Waals surface area contributed by atoms with Gasteiger partial charge in [-0.1, -0.05) is 12.1 Å². The van der Waals surface area contributed by atoms with Crippen LogP contribution in [0.15, 0.2) is 47.4 Å². The van der Waals surface area contributed by atoms with Crippen molar-refractivity contribution in [2.45, 2.75) is 24.2 Å². The number of piperazine rings is 1. The van der Waals surface area contributed by atoms with Crippen LogP contribution in [0.1, 0.15) is 19.3 Å². The first-order valence-electron chi connectivity index (χ1n) is 10.8. The topological polar surface area (TPSA) is 96.5 Å². The third kappa shape index (κ3) is 4.40. The Hall–Kier alpha value is -3.11. The van der Waals surface area contributed by atoms with Gasteiger partial charge in [0.25, 0.3) is 0 Å². The Morgan fingerprint density at radius 2 is 1.45 bits per heavy atom. The summed E-state index contributed by atoms with van der Waals surface area (Å²) in [7, 11) is -0.920. The number of hydrogen-bond donors (Lipinski definition) is 0. The van der Waals surface area contributed by atoms with Crippen molar-refractivity contribution in [2.24, 2.45) is 0 Å². The summed E-state index contributed by atoms with van der Waals surface area (Å²) in [5.41, 5.74) is 1.16. The molecule has 0 radical (unpaired) electrons. The summed E-state index contributed by atoms with van der Waals surface area (Å²) in [6.07, 6.45) is 1.02. The molecule has 33 heavy (non-hydrogen) atoms. The zero-order valence-electron chi connectivity index (χ0n) is 18.7. The number of benzene rings is 2. The minimum absolute atomic E-state index is 0.0561. The van der Waals surface area contributed by atoms with Crippen LogP contribution in [0.25, 0.3) is 0 Å². The number of carbonyl (C=O) groups excluding carboxylic acids is 2. The molecule has 0 atom stereocenters. The summed E-state index contributed by atoms with van der Waals surface area (Å²) in [5, 5.41) is 0. The molecule has 2 saturated heterocycles. The van der Waals surface area contributed by atoms with Crippen molar-refractivity contribution in [3.8, 4) is 11.5 Å². The normalized spacial score (nSPS) is 17.9. The lowest BCUT2D eigenvalue weighted by Crippen LogP contribution is -2.48. The average molecular weight is 474 g/mol. The number of hydrogen-bond acceptors (Lipinski definition) is 7. The summed E-state index contributed by atoms with van der Waals surface area (Å²) in [6, 6.07) is 12.0. The maximum atomic E-state index is 13.5. The molecule has 2 amide bonds. The van der Waals surface area contributed by atoms with E-state index in [1.54, 1.807) is 13.2 Å². The van der Waals surface area contributed by atoms with E-state index in [0.717, 1.165) is 16.3 Å². The molecule has 0 N–H and O–H groups in total. The first-order valence-corrected chi connectivity index (χ1v) is 12.2. The molecule has 0 bridgehead atoms. The van der Waals surface area contributed by atoms with Crippen LogP contribution in [0, 0.1) is 0 Å². The number of amides is 2. The number of nitrogens with zero attached hydrogens (tertiary/aromatic N) is 3. The van der Waals surface area contributed by atoms with Crippen LogP contribution >= 0.6 is 0 Å². The maximum absolute atomic E-state index is 13.5. The van der Waals surface area contributed by atoms with E-state index < -0.39 is 10.0 Å². The van der Waals surface area contributed by atoms with Gasteiger partial charge in [0.2, 0.25) is 21.8 Å². The molecule has 0 saturated carbocycles. The molecule has 0 unspecified atom stereocenters. The van der Waals surface area contributed by atoms with Crippen LogP contribution in [-0.2, 0) is 19.6 Å². The molecular formula is C23H27N3O6S. The van der Waals surface area contributed by atoms with E-state index in [2.05, 4.69) is 4.90 Å². The maximum Gasteiger partial charge on any atom is 0.246 e. The number of imide groups is 1. The Balaban J connectivity index is 1.59. The fourth-order valence-electron chi connectivity index (χ4n) is 4.25. The van der Waals surface area contributed by atoms with Crippen molar-refractivity contribution in [1.82, 2.24) is 4.31 Å². The Morgan fingerprint density at radius 1 is 0.818 bits per heavy atom. The van der Waals surface area contributed by atoms with Crippen molar-refractivity contribution in [3.05, 3.63) is 42.5 Å². The standard InChI is InChI=1S/C23H27N3O6S/c1-31-19-7-4-3-6-18(19)24-12-14-25(15-13-24)33(29,30)21-16-17(10-11-20(21)32-2)26-22(27)8-5-9-23(26)28/h3-4,6-7,10-11,16H,5,8-9,12-15H2,1-2H3. The third-order valence-electron chi connectivity index (χ3n) is 5.97. The molecule has 9 nitrogen and oxygen atoms in total. The Morgan fingerprint density at radius 3 is 2.09 bits per heavy atom. The second kappa shape index (κ2) is 9.40. The molecule has 2 heterocycles. The first-order chi connectivity index (χ1) is 15.9. The highest BCUT2D eigenvalue weighted by molar-refractivity contribution is 7.89. The van der Waals surface area contributed by atoms with Gasteiger partial charge in [-0.05, 0) is 36.8 Å². The van der Waals surface area contributed by atoms with Crippen LogP contribution in [0.4, 0.5) is 11.4 Å². The lowest BCUT2D eigenvalue weighted by atomic mass is 10.1. The van der Waals surface area contributed by atoms with E-state index in [9.17, 15) is 18.0 Å². The van der Waals surface area contributed by atoms with Crippen LogP contribution in [0.5, 0.6) is 11.5 Å². The van der Waals surface area contributed by atoms with Gasteiger partial charge in [0.15, 0.2) is 0 Å². The number of ether oxygens (including phenoxy) is 2. The Kier molecular flexibility index (Phi) is 6.57. The molecule has 2 aliphatic rings. The van der Waals surface area contributed by atoms with E-state index in [4.69, 9.17) is 9.47 Å². The van der Waals surface area contributed by atoms with Gasteiger partial charge in [-0.25, -0.2) is 8.42 Å². The molecular weight excluding hydrogens is 446 g/mol. The first kappa shape index (κ1) is 23.1. The number of methoxy groups -OCH3 is 2. The molecule has 0 spiro atoms. The predicted octanol–water partition coefficient (Wildman–Crippen LogP) is 2.26. The summed E-state index contributed by atoms with van der Waals surface area (Å²) in [6.45, 7) is 1.53.